The van der Waals surface area contributed by atoms with Crippen LogP contribution in [-0.2, 0) is 16.1 Å². The minimum absolute atomic E-state index is 0.0474. The molecule has 6 rings (SSSR count). The summed E-state index contributed by atoms with van der Waals surface area (Å²) < 4.78 is 32.5. The third-order valence-electron chi connectivity index (χ3n) is 7.79. The van der Waals surface area contributed by atoms with Crippen molar-refractivity contribution in [2.75, 3.05) is 11.4 Å². The maximum Gasteiger partial charge on any atom is 0.341 e. The van der Waals surface area contributed by atoms with Gasteiger partial charge in [0.25, 0.3) is 0 Å². The number of ether oxygens (including phenoxy) is 2. The number of piperidine rings is 1. The summed E-state index contributed by atoms with van der Waals surface area (Å²) in [5.41, 5.74) is 2.29. The number of aromatic nitrogens is 1. The molecule has 3 aliphatic rings. The normalized spacial score (nSPS) is 22.5. The van der Waals surface area contributed by atoms with E-state index in [4.69, 9.17) is 37.2 Å². The van der Waals surface area contributed by atoms with Crippen molar-refractivity contribution in [1.29, 1.82) is 0 Å². The Hall–Kier alpha value is -2.61. The molecular formula is C30H31Cl2FN2O4. The fraction of sp³-hybridized carbons (Fsp3) is 0.467. The van der Waals surface area contributed by atoms with Crippen LogP contribution in [0, 0.1) is 11.7 Å². The van der Waals surface area contributed by atoms with Gasteiger partial charge in [0.15, 0.2) is 0 Å². The van der Waals surface area contributed by atoms with Gasteiger partial charge in [0, 0.05) is 41.2 Å². The lowest BCUT2D eigenvalue weighted by molar-refractivity contribution is 0.00647. The highest BCUT2D eigenvalue weighted by molar-refractivity contribution is 6.39. The van der Waals surface area contributed by atoms with Crippen LogP contribution in [0.5, 0.6) is 0 Å². The summed E-state index contributed by atoms with van der Waals surface area (Å²) in [4.78, 5) is 14.6. The molecule has 39 heavy (non-hydrogen) atoms. The molecule has 0 N–H and O–H groups in total. The van der Waals surface area contributed by atoms with Gasteiger partial charge >= 0.3 is 5.97 Å². The smallest absolute Gasteiger partial charge is 0.341 e. The van der Waals surface area contributed by atoms with Gasteiger partial charge in [-0.15, -0.1) is 0 Å². The summed E-state index contributed by atoms with van der Waals surface area (Å²) in [5.74, 6) is 0.328. The van der Waals surface area contributed by atoms with E-state index in [1.165, 1.54) is 12.1 Å². The van der Waals surface area contributed by atoms with Crippen LogP contribution in [-0.4, -0.2) is 35.4 Å². The van der Waals surface area contributed by atoms with Crippen molar-refractivity contribution in [3.8, 4) is 11.3 Å². The van der Waals surface area contributed by atoms with E-state index in [2.05, 4.69) is 10.1 Å². The molecule has 6 nitrogen and oxygen atoms in total. The molecule has 0 radical (unpaired) electrons. The fourth-order valence-corrected chi connectivity index (χ4v) is 6.42. The Morgan fingerprint density at radius 1 is 1.15 bits per heavy atom. The molecule has 1 aromatic heterocycles. The second-order valence-electron chi connectivity index (χ2n) is 11.8. The topological polar surface area (TPSA) is 64.8 Å². The van der Waals surface area contributed by atoms with Crippen molar-refractivity contribution in [3.05, 3.63) is 69.1 Å². The van der Waals surface area contributed by atoms with Gasteiger partial charge in [0.05, 0.1) is 28.3 Å². The fourth-order valence-electron chi connectivity index (χ4n) is 5.85. The van der Waals surface area contributed by atoms with Gasteiger partial charge in [-0.3, -0.25) is 0 Å². The molecule has 2 bridgehead atoms. The van der Waals surface area contributed by atoms with Crippen LogP contribution < -0.4 is 4.90 Å². The van der Waals surface area contributed by atoms with Crippen molar-refractivity contribution in [2.24, 2.45) is 5.92 Å². The maximum absolute atomic E-state index is 14.9. The second-order valence-corrected chi connectivity index (χ2v) is 12.6. The Kier molecular flexibility index (Phi) is 6.89. The van der Waals surface area contributed by atoms with E-state index < -0.39 is 17.4 Å². The number of rotatable bonds is 7. The number of nitrogens with zero attached hydrogens (tertiary/aromatic N) is 2. The van der Waals surface area contributed by atoms with Gasteiger partial charge in [0.2, 0.25) is 0 Å². The summed E-state index contributed by atoms with van der Waals surface area (Å²) in [7, 11) is 0. The molecule has 0 unspecified atom stereocenters. The zero-order valence-electron chi connectivity index (χ0n) is 22.2. The van der Waals surface area contributed by atoms with Crippen LogP contribution in [0.3, 0.4) is 0 Å². The lowest BCUT2D eigenvalue weighted by Gasteiger charge is -2.33. The van der Waals surface area contributed by atoms with Crippen LogP contribution in [0.15, 0.2) is 40.9 Å². The molecule has 0 amide bonds. The van der Waals surface area contributed by atoms with E-state index in [0.29, 0.717) is 39.7 Å². The first-order valence-corrected chi connectivity index (χ1v) is 14.2. The third kappa shape index (κ3) is 5.29. The van der Waals surface area contributed by atoms with Crippen LogP contribution in [0.4, 0.5) is 10.1 Å². The van der Waals surface area contributed by atoms with Crippen LogP contribution in [0.1, 0.15) is 74.1 Å². The standard InChI is InChI=1S/C30H31Cl2FN2O4/c1-30(2,3)38-29(36)20-10-9-18(12-24(20)33)35-14-17-11-19(35)13-25(17)37-15-21-27(34-39-28(21)16-7-8-16)26-22(31)5-4-6-23(26)32/h4-6,9-10,12,16-17,19,25H,7-8,11,13-15H2,1-3H3/t17-,19-,25-/m0/s1. The van der Waals surface area contributed by atoms with Gasteiger partial charge < -0.3 is 18.9 Å². The minimum atomic E-state index is -0.683. The molecule has 3 aromatic rings. The Balaban J connectivity index is 1.14. The highest BCUT2D eigenvalue weighted by Crippen LogP contribution is 2.47. The molecule has 1 aliphatic heterocycles. The number of anilines is 1. The molecule has 2 aromatic carbocycles. The largest absolute Gasteiger partial charge is 0.456 e. The third-order valence-corrected chi connectivity index (χ3v) is 8.42. The van der Waals surface area contributed by atoms with Gasteiger partial charge in [-0.2, -0.15) is 0 Å². The van der Waals surface area contributed by atoms with Crippen molar-refractivity contribution >= 4 is 34.9 Å². The number of halogens is 3. The van der Waals surface area contributed by atoms with E-state index in [1.807, 2.05) is 6.07 Å². The quantitative estimate of drug-likeness (QED) is 0.269. The molecule has 2 heterocycles. The molecule has 0 spiro atoms. The van der Waals surface area contributed by atoms with E-state index in [1.54, 1.807) is 39.0 Å². The van der Waals surface area contributed by atoms with Gasteiger partial charge in [0.1, 0.15) is 22.9 Å². The first-order chi connectivity index (χ1) is 18.6. The Bertz CT molecular complexity index is 1390. The highest BCUT2D eigenvalue weighted by atomic mass is 35.5. The number of hydrogen-bond donors (Lipinski definition) is 0. The number of benzene rings is 2. The van der Waals surface area contributed by atoms with Crippen molar-refractivity contribution in [1.82, 2.24) is 5.16 Å². The summed E-state index contributed by atoms with van der Waals surface area (Å²) in [6, 6.07) is 10.4. The molecular weight excluding hydrogens is 542 g/mol. The van der Waals surface area contributed by atoms with E-state index in [9.17, 15) is 9.18 Å². The van der Waals surface area contributed by atoms with Gasteiger partial charge in [-0.1, -0.05) is 34.4 Å². The molecule has 206 valence electrons. The average molecular weight is 573 g/mol. The van der Waals surface area contributed by atoms with E-state index in [0.717, 1.165) is 49.2 Å². The van der Waals surface area contributed by atoms with Crippen molar-refractivity contribution in [2.45, 2.75) is 76.7 Å². The number of carbonyl (C=O) groups excluding carboxylic acids is 1. The first kappa shape index (κ1) is 26.6. The summed E-state index contributed by atoms with van der Waals surface area (Å²) in [6.07, 6.45) is 4.04. The molecule has 9 heteroatoms. The van der Waals surface area contributed by atoms with Crippen molar-refractivity contribution < 1.29 is 23.2 Å². The predicted molar refractivity (Wildman–Crippen MR) is 148 cm³/mol. The molecule has 2 aliphatic carbocycles. The van der Waals surface area contributed by atoms with E-state index >= 15 is 0 Å². The first-order valence-electron chi connectivity index (χ1n) is 13.4. The Morgan fingerprint density at radius 3 is 2.51 bits per heavy atom. The zero-order valence-corrected chi connectivity index (χ0v) is 23.7. The number of fused-ring (bicyclic) bond motifs is 2. The summed E-state index contributed by atoms with van der Waals surface area (Å²) >= 11 is 13.0. The Morgan fingerprint density at radius 2 is 1.90 bits per heavy atom. The van der Waals surface area contributed by atoms with Crippen LogP contribution in [0.25, 0.3) is 11.3 Å². The molecule has 1 saturated heterocycles. The SMILES string of the molecule is CC(C)(C)OC(=O)c1ccc(N2C[C@@H]3C[C@H]2C[C@@H]3OCc2c(-c3c(Cl)cccc3Cl)noc2C2CC2)cc1F. The molecule has 2 saturated carbocycles. The predicted octanol–water partition coefficient (Wildman–Crippen LogP) is 7.80. The highest BCUT2D eigenvalue weighted by Gasteiger charge is 2.46. The number of esters is 1. The summed E-state index contributed by atoms with van der Waals surface area (Å²) in [5, 5.41) is 5.42. The Labute approximate surface area is 237 Å². The lowest BCUT2D eigenvalue weighted by atomic mass is 10.0. The van der Waals surface area contributed by atoms with Crippen LogP contribution >= 0.6 is 23.2 Å². The summed E-state index contributed by atoms with van der Waals surface area (Å²) in [6.45, 7) is 6.43. The molecule has 3 atom stereocenters. The van der Waals surface area contributed by atoms with Gasteiger partial charge in [-0.05, 0) is 76.8 Å². The monoisotopic (exact) mass is 572 g/mol. The van der Waals surface area contributed by atoms with E-state index in [-0.39, 0.29) is 17.7 Å². The number of hydrogen-bond acceptors (Lipinski definition) is 6. The minimum Gasteiger partial charge on any atom is -0.456 e. The number of carbonyl (C=O) groups is 1. The average Bonchev–Trinajstić information content (AvgIpc) is 3.32. The molecule has 3 fully saturated rings. The van der Waals surface area contributed by atoms with Gasteiger partial charge in [-0.25, -0.2) is 9.18 Å². The van der Waals surface area contributed by atoms with Crippen molar-refractivity contribution in [3.63, 3.8) is 0 Å². The second kappa shape index (κ2) is 10.1. The lowest BCUT2D eigenvalue weighted by Crippen LogP contribution is -2.38. The zero-order chi connectivity index (χ0) is 27.5. The van der Waals surface area contributed by atoms with Crippen LogP contribution in [0.2, 0.25) is 10.0 Å². The maximum atomic E-state index is 14.9.